The van der Waals surface area contributed by atoms with Crippen molar-refractivity contribution in [2.45, 2.75) is 6.61 Å². The Kier molecular flexibility index (Phi) is 5.65. The molecule has 0 aliphatic carbocycles. The first kappa shape index (κ1) is 16.0. The predicted molar refractivity (Wildman–Crippen MR) is 94.8 cm³/mol. The lowest BCUT2D eigenvalue weighted by atomic mass is 10.1. The predicted octanol–water partition coefficient (Wildman–Crippen LogP) is 2.46. The normalized spacial score (nSPS) is 15.3. The van der Waals surface area contributed by atoms with Gasteiger partial charge in [-0.3, -0.25) is 4.90 Å². The molecule has 3 rings (SSSR count). The second kappa shape index (κ2) is 8.11. The summed E-state index contributed by atoms with van der Waals surface area (Å²) in [6, 6.07) is 8.24. The number of piperazine rings is 1. The minimum atomic E-state index is 0.633. The largest absolute Gasteiger partial charge is 0.380 e. The van der Waals surface area contributed by atoms with Crippen LogP contribution in [0.1, 0.15) is 11.1 Å². The van der Waals surface area contributed by atoms with Crippen LogP contribution in [0.5, 0.6) is 0 Å². The van der Waals surface area contributed by atoms with Gasteiger partial charge in [-0.05, 0) is 17.7 Å². The van der Waals surface area contributed by atoms with Crippen LogP contribution in [-0.2, 0) is 11.3 Å². The molecule has 0 amide bonds. The molecule has 0 saturated carbocycles. The summed E-state index contributed by atoms with van der Waals surface area (Å²) in [5.41, 5.74) is 2.22. The van der Waals surface area contributed by atoms with E-state index in [9.17, 15) is 0 Å². The van der Waals surface area contributed by atoms with Gasteiger partial charge < -0.3 is 9.64 Å². The fraction of sp³-hybridized carbons (Fsp3) is 0.389. The van der Waals surface area contributed by atoms with Crippen molar-refractivity contribution in [1.29, 1.82) is 0 Å². The molecule has 1 aliphatic heterocycles. The number of hydrogen-bond donors (Lipinski definition) is 0. The maximum Gasteiger partial charge on any atom is 0.185 e. The van der Waals surface area contributed by atoms with Crippen molar-refractivity contribution in [3.8, 4) is 11.8 Å². The van der Waals surface area contributed by atoms with Crippen LogP contribution < -0.4 is 4.90 Å². The highest BCUT2D eigenvalue weighted by Crippen LogP contribution is 2.18. The Bertz CT molecular complexity index is 667. The van der Waals surface area contributed by atoms with Crippen LogP contribution >= 0.6 is 11.3 Å². The van der Waals surface area contributed by atoms with E-state index in [1.165, 1.54) is 0 Å². The van der Waals surface area contributed by atoms with Gasteiger partial charge in [0.15, 0.2) is 5.13 Å². The number of anilines is 1. The summed E-state index contributed by atoms with van der Waals surface area (Å²) < 4.78 is 5.16. The molecule has 0 radical (unpaired) electrons. The van der Waals surface area contributed by atoms with Crippen LogP contribution in [-0.4, -0.2) is 49.7 Å². The van der Waals surface area contributed by atoms with Crippen LogP contribution in [0, 0.1) is 11.8 Å². The van der Waals surface area contributed by atoms with E-state index in [1.54, 1.807) is 18.4 Å². The number of methoxy groups -OCH3 is 1. The van der Waals surface area contributed by atoms with Crippen molar-refractivity contribution in [1.82, 2.24) is 9.88 Å². The van der Waals surface area contributed by atoms with Gasteiger partial charge in [-0.1, -0.05) is 24.0 Å². The van der Waals surface area contributed by atoms with Gasteiger partial charge in [0.05, 0.1) is 13.2 Å². The zero-order chi connectivity index (χ0) is 15.9. The third-order valence-electron chi connectivity index (χ3n) is 3.84. The van der Waals surface area contributed by atoms with Gasteiger partial charge in [0.2, 0.25) is 0 Å². The van der Waals surface area contributed by atoms with Crippen LogP contribution in [0.2, 0.25) is 0 Å². The van der Waals surface area contributed by atoms with Crippen molar-refractivity contribution in [3.63, 3.8) is 0 Å². The molecule has 0 unspecified atom stereocenters. The second-order valence-corrected chi connectivity index (χ2v) is 6.39. The van der Waals surface area contributed by atoms with E-state index in [1.807, 2.05) is 23.7 Å². The minimum Gasteiger partial charge on any atom is -0.380 e. The van der Waals surface area contributed by atoms with Crippen molar-refractivity contribution in [2.24, 2.45) is 0 Å². The fourth-order valence-corrected chi connectivity index (χ4v) is 3.33. The SMILES string of the molecule is COCc1cccc(C#CCN2CCN(c3nccs3)CC2)c1. The van der Waals surface area contributed by atoms with Gasteiger partial charge in [0.1, 0.15) is 0 Å². The molecule has 1 saturated heterocycles. The Morgan fingerprint density at radius 3 is 2.87 bits per heavy atom. The van der Waals surface area contributed by atoms with Gasteiger partial charge in [0, 0.05) is 50.4 Å². The Morgan fingerprint density at radius 2 is 2.13 bits per heavy atom. The molecule has 1 aromatic heterocycles. The van der Waals surface area contributed by atoms with E-state index in [4.69, 9.17) is 4.74 Å². The summed E-state index contributed by atoms with van der Waals surface area (Å²) in [4.78, 5) is 9.13. The Labute approximate surface area is 141 Å². The Balaban J connectivity index is 1.49. The van der Waals surface area contributed by atoms with E-state index < -0.39 is 0 Å². The zero-order valence-electron chi connectivity index (χ0n) is 13.4. The highest BCUT2D eigenvalue weighted by molar-refractivity contribution is 7.13. The van der Waals surface area contributed by atoms with Crippen LogP contribution in [0.25, 0.3) is 0 Å². The molecule has 0 N–H and O–H groups in total. The standard InChI is InChI=1S/C18H21N3OS/c1-22-15-17-5-2-4-16(14-17)6-3-8-20-9-11-21(12-10-20)18-19-7-13-23-18/h2,4-5,7,13-14H,8-12,15H2,1H3. The molecule has 5 heteroatoms. The van der Waals surface area contributed by atoms with Crippen LogP contribution in [0.4, 0.5) is 5.13 Å². The molecule has 1 aromatic carbocycles. The van der Waals surface area contributed by atoms with Gasteiger partial charge in [-0.25, -0.2) is 4.98 Å². The molecule has 1 fully saturated rings. The maximum absolute atomic E-state index is 5.16. The van der Waals surface area contributed by atoms with E-state index in [0.717, 1.165) is 49.0 Å². The van der Waals surface area contributed by atoms with Crippen LogP contribution in [0.3, 0.4) is 0 Å². The minimum absolute atomic E-state index is 0.633. The van der Waals surface area contributed by atoms with Gasteiger partial charge >= 0.3 is 0 Å². The highest BCUT2D eigenvalue weighted by Gasteiger charge is 2.17. The molecular weight excluding hydrogens is 306 g/mol. The number of nitrogens with zero attached hydrogens (tertiary/aromatic N) is 3. The number of thiazole rings is 1. The number of ether oxygens (including phenoxy) is 1. The average molecular weight is 327 g/mol. The van der Waals surface area contributed by atoms with Crippen molar-refractivity contribution >= 4 is 16.5 Å². The molecule has 23 heavy (non-hydrogen) atoms. The zero-order valence-corrected chi connectivity index (χ0v) is 14.2. The fourth-order valence-electron chi connectivity index (χ4n) is 2.63. The monoisotopic (exact) mass is 327 g/mol. The van der Waals surface area contributed by atoms with Crippen molar-refractivity contribution in [3.05, 3.63) is 47.0 Å². The lowest BCUT2D eigenvalue weighted by Crippen LogP contribution is -2.46. The summed E-state index contributed by atoms with van der Waals surface area (Å²) >= 11 is 1.71. The Morgan fingerprint density at radius 1 is 1.26 bits per heavy atom. The summed E-state index contributed by atoms with van der Waals surface area (Å²) in [7, 11) is 1.71. The topological polar surface area (TPSA) is 28.6 Å². The maximum atomic E-state index is 5.16. The smallest absolute Gasteiger partial charge is 0.185 e. The summed E-state index contributed by atoms with van der Waals surface area (Å²) in [5.74, 6) is 6.55. The second-order valence-electron chi connectivity index (χ2n) is 5.51. The first-order chi connectivity index (χ1) is 11.3. The molecular formula is C18H21N3OS. The third kappa shape index (κ3) is 4.55. The quantitative estimate of drug-likeness (QED) is 0.807. The molecule has 2 heterocycles. The Hall–Kier alpha value is -1.87. The van der Waals surface area contributed by atoms with Crippen LogP contribution in [0.15, 0.2) is 35.8 Å². The molecule has 0 atom stereocenters. The molecule has 0 spiro atoms. The first-order valence-corrected chi connectivity index (χ1v) is 8.66. The number of aromatic nitrogens is 1. The first-order valence-electron chi connectivity index (χ1n) is 7.79. The van der Waals surface area contributed by atoms with E-state index in [-0.39, 0.29) is 0 Å². The van der Waals surface area contributed by atoms with Gasteiger partial charge in [-0.15, -0.1) is 11.3 Å². The molecule has 4 nitrogen and oxygen atoms in total. The van der Waals surface area contributed by atoms with E-state index in [2.05, 4.69) is 38.8 Å². The average Bonchev–Trinajstić information content (AvgIpc) is 3.11. The van der Waals surface area contributed by atoms with Gasteiger partial charge in [-0.2, -0.15) is 0 Å². The summed E-state index contributed by atoms with van der Waals surface area (Å²) in [6.45, 7) is 5.58. The van der Waals surface area contributed by atoms with Gasteiger partial charge in [0.25, 0.3) is 0 Å². The lowest BCUT2D eigenvalue weighted by molar-refractivity contribution is 0.185. The highest BCUT2D eigenvalue weighted by atomic mass is 32.1. The van der Waals surface area contributed by atoms with E-state index >= 15 is 0 Å². The lowest BCUT2D eigenvalue weighted by Gasteiger charge is -2.33. The number of benzene rings is 1. The molecule has 120 valence electrons. The third-order valence-corrected chi connectivity index (χ3v) is 4.67. The summed E-state index contributed by atoms with van der Waals surface area (Å²) in [6.07, 6.45) is 1.87. The molecule has 0 bridgehead atoms. The molecule has 1 aliphatic rings. The van der Waals surface area contributed by atoms with E-state index in [0.29, 0.717) is 6.61 Å². The van der Waals surface area contributed by atoms with Crippen molar-refractivity contribution in [2.75, 3.05) is 44.7 Å². The molecule has 2 aromatic rings. The number of hydrogen-bond acceptors (Lipinski definition) is 5. The number of rotatable bonds is 4. The summed E-state index contributed by atoms with van der Waals surface area (Å²) in [5, 5.41) is 3.16. The van der Waals surface area contributed by atoms with Crippen molar-refractivity contribution < 1.29 is 4.74 Å².